The van der Waals surface area contributed by atoms with E-state index >= 15 is 0 Å². The lowest BCUT2D eigenvalue weighted by Crippen LogP contribution is -2.56. The van der Waals surface area contributed by atoms with Gasteiger partial charge in [0.05, 0.1) is 12.5 Å². The average Bonchev–Trinajstić information content (AvgIpc) is 2.54. The van der Waals surface area contributed by atoms with Gasteiger partial charge in [-0.15, -0.1) is 0 Å². The zero-order valence-electron chi connectivity index (χ0n) is 14.8. The first kappa shape index (κ1) is 19.1. The molecule has 1 aromatic rings. The van der Waals surface area contributed by atoms with Gasteiger partial charge in [0.25, 0.3) is 0 Å². The number of aromatic hydroxyl groups is 2. The molecule has 25 heavy (non-hydrogen) atoms. The number of rotatable bonds is 7. The van der Waals surface area contributed by atoms with E-state index in [9.17, 15) is 19.8 Å². The van der Waals surface area contributed by atoms with Crippen molar-refractivity contribution in [3.05, 3.63) is 23.8 Å². The molecule has 0 aliphatic carbocycles. The van der Waals surface area contributed by atoms with Gasteiger partial charge in [0, 0.05) is 31.3 Å². The van der Waals surface area contributed by atoms with Crippen LogP contribution in [-0.2, 0) is 16.1 Å². The number of benzene rings is 1. The number of nitrogens with zero attached hydrogens (tertiary/aromatic N) is 1. The zero-order chi connectivity index (χ0) is 18.4. The van der Waals surface area contributed by atoms with Crippen molar-refractivity contribution < 1.29 is 19.8 Å². The maximum atomic E-state index is 12.2. The van der Waals surface area contributed by atoms with Crippen LogP contribution < -0.4 is 10.6 Å². The number of phenols is 2. The number of nitrogens with one attached hydrogen (secondary N) is 2. The van der Waals surface area contributed by atoms with Crippen molar-refractivity contribution >= 4 is 11.8 Å². The molecular formula is C18H27N3O4. The maximum Gasteiger partial charge on any atom is 0.237 e. The van der Waals surface area contributed by atoms with E-state index in [1.807, 2.05) is 0 Å². The highest BCUT2D eigenvalue weighted by atomic mass is 16.3. The largest absolute Gasteiger partial charge is 0.508 e. The van der Waals surface area contributed by atoms with E-state index in [0.717, 1.165) is 19.5 Å². The smallest absolute Gasteiger partial charge is 0.237 e. The summed E-state index contributed by atoms with van der Waals surface area (Å²) in [5.41, 5.74) is 0.510. The van der Waals surface area contributed by atoms with Gasteiger partial charge < -0.3 is 20.8 Å². The Hall–Kier alpha value is -2.28. The number of carbonyl (C=O) groups is 2. The Kier molecular flexibility index (Phi) is 6.64. The molecule has 4 N–H and O–H groups in total. The van der Waals surface area contributed by atoms with Gasteiger partial charge in [0.1, 0.15) is 11.5 Å². The van der Waals surface area contributed by atoms with E-state index in [2.05, 4.69) is 29.4 Å². The van der Waals surface area contributed by atoms with Crippen LogP contribution in [-0.4, -0.2) is 52.6 Å². The quantitative estimate of drug-likeness (QED) is 0.587. The summed E-state index contributed by atoms with van der Waals surface area (Å²) in [5.74, 6) is 0.0696. The minimum absolute atomic E-state index is 0.0350. The van der Waals surface area contributed by atoms with Gasteiger partial charge in [0.2, 0.25) is 11.8 Å². The molecule has 138 valence electrons. The minimum Gasteiger partial charge on any atom is -0.508 e. The summed E-state index contributed by atoms with van der Waals surface area (Å²) in [6, 6.07) is 3.77. The van der Waals surface area contributed by atoms with E-state index in [4.69, 9.17) is 0 Å². The van der Waals surface area contributed by atoms with E-state index in [-0.39, 0.29) is 36.3 Å². The van der Waals surface area contributed by atoms with Crippen molar-refractivity contribution in [3.8, 4) is 11.5 Å². The van der Waals surface area contributed by atoms with Crippen molar-refractivity contribution in [1.29, 1.82) is 0 Å². The van der Waals surface area contributed by atoms with Gasteiger partial charge in [-0.25, -0.2) is 0 Å². The Morgan fingerprint density at radius 2 is 2.16 bits per heavy atom. The van der Waals surface area contributed by atoms with Crippen LogP contribution in [0.15, 0.2) is 18.2 Å². The Labute approximate surface area is 148 Å². The Balaban J connectivity index is 1.90. The molecule has 2 rings (SSSR count). The summed E-state index contributed by atoms with van der Waals surface area (Å²) >= 11 is 0. The second kappa shape index (κ2) is 8.71. The van der Waals surface area contributed by atoms with Crippen LogP contribution in [0.3, 0.4) is 0 Å². The molecule has 1 aromatic carbocycles. The number of hydrogen-bond acceptors (Lipinski definition) is 5. The van der Waals surface area contributed by atoms with Gasteiger partial charge in [-0.05, 0) is 31.0 Å². The molecule has 0 spiro atoms. The van der Waals surface area contributed by atoms with Gasteiger partial charge in [-0.1, -0.05) is 13.8 Å². The van der Waals surface area contributed by atoms with Crippen LogP contribution in [0.5, 0.6) is 11.5 Å². The van der Waals surface area contributed by atoms with Crippen molar-refractivity contribution in [3.63, 3.8) is 0 Å². The van der Waals surface area contributed by atoms with E-state index in [0.29, 0.717) is 18.0 Å². The fourth-order valence-corrected chi connectivity index (χ4v) is 2.82. The number of piperazine rings is 1. The van der Waals surface area contributed by atoms with Crippen molar-refractivity contribution in [1.82, 2.24) is 15.5 Å². The normalized spacial score (nSPS) is 18.2. The predicted molar refractivity (Wildman–Crippen MR) is 94.1 cm³/mol. The molecule has 2 amide bonds. The van der Waals surface area contributed by atoms with Crippen LogP contribution in [0.25, 0.3) is 0 Å². The van der Waals surface area contributed by atoms with Crippen molar-refractivity contribution in [2.75, 3.05) is 19.6 Å². The monoisotopic (exact) mass is 349 g/mol. The molecule has 1 atom stereocenters. The van der Waals surface area contributed by atoms with Crippen LogP contribution in [0, 0.1) is 5.92 Å². The molecule has 7 heteroatoms. The molecule has 0 unspecified atom stereocenters. The van der Waals surface area contributed by atoms with Crippen LogP contribution in [0.4, 0.5) is 0 Å². The summed E-state index contributed by atoms with van der Waals surface area (Å²) in [7, 11) is 0. The second-order valence-corrected chi connectivity index (χ2v) is 6.82. The molecule has 1 heterocycles. The number of phenolic OH excluding ortho intramolecular Hbond substituents is 2. The Morgan fingerprint density at radius 1 is 1.40 bits per heavy atom. The standard InChI is InChI=1S/C18H27N3O4/c1-12(2)5-7-21-8-6-19-18(25)15(21)10-17(24)20-11-13-3-4-14(22)9-16(13)23/h3-4,9,12,15,22-23H,5-8,10-11H2,1-2H3,(H,19,25)(H,20,24)/t15-/m1/s1. The van der Waals surface area contributed by atoms with E-state index in [1.165, 1.54) is 12.1 Å². The summed E-state index contributed by atoms with van der Waals surface area (Å²) in [6.45, 7) is 6.56. The highest BCUT2D eigenvalue weighted by Crippen LogP contribution is 2.22. The van der Waals surface area contributed by atoms with Crippen molar-refractivity contribution in [2.24, 2.45) is 5.92 Å². The van der Waals surface area contributed by atoms with Gasteiger partial charge in [0.15, 0.2) is 0 Å². The highest BCUT2D eigenvalue weighted by molar-refractivity contribution is 5.88. The summed E-state index contributed by atoms with van der Waals surface area (Å²) in [5, 5.41) is 24.6. The first-order chi connectivity index (χ1) is 11.9. The Morgan fingerprint density at radius 3 is 2.84 bits per heavy atom. The fourth-order valence-electron chi connectivity index (χ4n) is 2.82. The fraction of sp³-hybridized carbons (Fsp3) is 0.556. The number of carbonyl (C=O) groups excluding carboxylic acids is 2. The molecule has 7 nitrogen and oxygen atoms in total. The molecule has 0 saturated carbocycles. The lowest BCUT2D eigenvalue weighted by molar-refractivity contribution is -0.134. The second-order valence-electron chi connectivity index (χ2n) is 6.82. The highest BCUT2D eigenvalue weighted by Gasteiger charge is 2.31. The molecule has 1 saturated heterocycles. The SMILES string of the molecule is CC(C)CCN1CCNC(=O)[C@H]1CC(=O)NCc1ccc(O)cc1O. The number of hydrogen-bond donors (Lipinski definition) is 4. The molecule has 0 aromatic heterocycles. The Bertz CT molecular complexity index is 618. The molecule has 1 aliphatic rings. The van der Waals surface area contributed by atoms with Gasteiger partial charge in [-0.3, -0.25) is 14.5 Å². The molecule has 1 fully saturated rings. The molecule has 0 bridgehead atoms. The predicted octanol–water partition coefficient (Wildman–Crippen LogP) is 0.951. The first-order valence-electron chi connectivity index (χ1n) is 8.66. The third-order valence-corrected chi connectivity index (χ3v) is 4.36. The van der Waals surface area contributed by atoms with E-state index < -0.39 is 6.04 Å². The first-order valence-corrected chi connectivity index (χ1v) is 8.66. The van der Waals surface area contributed by atoms with Gasteiger partial charge >= 0.3 is 0 Å². The summed E-state index contributed by atoms with van der Waals surface area (Å²) in [6.07, 6.45) is 1.07. The number of amides is 2. The molecular weight excluding hydrogens is 322 g/mol. The lowest BCUT2D eigenvalue weighted by atomic mass is 10.1. The summed E-state index contributed by atoms with van der Waals surface area (Å²) < 4.78 is 0. The van der Waals surface area contributed by atoms with E-state index in [1.54, 1.807) is 6.07 Å². The minimum atomic E-state index is -0.457. The molecule has 1 aliphatic heterocycles. The maximum absolute atomic E-state index is 12.2. The van der Waals surface area contributed by atoms with Crippen molar-refractivity contribution in [2.45, 2.75) is 39.3 Å². The average molecular weight is 349 g/mol. The third-order valence-electron chi connectivity index (χ3n) is 4.36. The summed E-state index contributed by atoms with van der Waals surface area (Å²) in [4.78, 5) is 26.5. The van der Waals surface area contributed by atoms with Crippen LogP contribution in [0.1, 0.15) is 32.3 Å². The van der Waals surface area contributed by atoms with Crippen LogP contribution >= 0.6 is 0 Å². The van der Waals surface area contributed by atoms with Gasteiger partial charge in [-0.2, -0.15) is 0 Å². The lowest BCUT2D eigenvalue weighted by Gasteiger charge is -2.35. The topological polar surface area (TPSA) is 102 Å². The van der Waals surface area contributed by atoms with Crippen LogP contribution in [0.2, 0.25) is 0 Å². The zero-order valence-corrected chi connectivity index (χ0v) is 14.8. The molecule has 0 radical (unpaired) electrons. The third kappa shape index (κ3) is 5.63.